The number of piperazine rings is 1. The van der Waals surface area contributed by atoms with E-state index in [2.05, 4.69) is 14.9 Å². The fourth-order valence-corrected chi connectivity index (χ4v) is 2.74. The molecule has 1 aromatic carbocycles. The molecule has 5 nitrogen and oxygen atoms in total. The van der Waals surface area contributed by atoms with Crippen LogP contribution in [-0.2, 0) is 11.2 Å². The molecule has 2 aromatic rings. The van der Waals surface area contributed by atoms with Crippen LogP contribution in [0.5, 0.6) is 0 Å². The molecule has 0 bridgehead atoms. The molecule has 1 saturated heterocycles. The lowest BCUT2D eigenvalue weighted by Gasteiger charge is -2.38. The van der Waals surface area contributed by atoms with Gasteiger partial charge in [-0.2, -0.15) is 0 Å². The van der Waals surface area contributed by atoms with Crippen LogP contribution < -0.4 is 0 Å². The summed E-state index contributed by atoms with van der Waals surface area (Å²) in [6, 6.07) is 6.18. The van der Waals surface area contributed by atoms with E-state index in [-0.39, 0.29) is 17.8 Å². The van der Waals surface area contributed by atoms with Crippen molar-refractivity contribution in [3.8, 4) is 0 Å². The highest BCUT2D eigenvalue weighted by Crippen LogP contribution is 2.21. The van der Waals surface area contributed by atoms with Gasteiger partial charge >= 0.3 is 0 Å². The summed E-state index contributed by atoms with van der Waals surface area (Å²) in [7, 11) is 2.04. The Balaban J connectivity index is 1.66. The predicted molar refractivity (Wildman–Crippen MR) is 80.6 cm³/mol. The lowest BCUT2D eigenvalue weighted by Crippen LogP contribution is -2.49. The summed E-state index contributed by atoms with van der Waals surface area (Å²) < 4.78 is 12.9. The summed E-state index contributed by atoms with van der Waals surface area (Å²) in [5.41, 5.74) is 0.833. The number of carbonyl (C=O) groups is 1. The quantitative estimate of drug-likeness (QED) is 0.937. The topological polar surface area (TPSA) is 52.2 Å². The Hall–Kier alpha value is -2.21. The number of amides is 1. The van der Waals surface area contributed by atoms with E-state index in [0.29, 0.717) is 19.5 Å². The highest BCUT2D eigenvalue weighted by atomic mass is 19.1. The largest absolute Gasteiger partial charge is 0.347 e. The van der Waals surface area contributed by atoms with E-state index in [9.17, 15) is 9.18 Å². The molecule has 1 aliphatic rings. The van der Waals surface area contributed by atoms with Crippen LogP contribution in [0.15, 0.2) is 36.7 Å². The second kappa shape index (κ2) is 6.27. The lowest BCUT2D eigenvalue weighted by atomic mass is 10.1. The van der Waals surface area contributed by atoms with Crippen LogP contribution in [0.3, 0.4) is 0 Å². The first-order valence-corrected chi connectivity index (χ1v) is 7.35. The van der Waals surface area contributed by atoms with Crippen molar-refractivity contribution in [3.63, 3.8) is 0 Å². The number of H-pyrrole nitrogens is 1. The molecule has 1 atom stereocenters. The summed E-state index contributed by atoms with van der Waals surface area (Å²) in [5.74, 6) is 0.659. The highest BCUT2D eigenvalue weighted by Gasteiger charge is 2.29. The number of carbonyl (C=O) groups excluding carboxylic acids is 1. The molecular weight excluding hydrogens is 283 g/mol. The normalized spacial score (nSPS) is 19.4. The molecule has 22 heavy (non-hydrogen) atoms. The number of imidazole rings is 1. The summed E-state index contributed by atoms with van der Waals surface area (Å²) in [6.45, 7) is 2.12. The highest BCUT2D eigenvalue weighted by molar-refractivity contribution is 5.79. The molecule has 1 aliphatic heterocycles. The number of aromatic amines is 1. The molecule has 2 heterocycles. The van der Waals surface area contributed by atoms with Gasteiger partial charge in [-0.1, -0.05) is 12.1 Å². The third-order valence-corrected chi connectivity index (χ3v) is 4.10. The van der Waals surface area contributed by atoms with Crippen LogP contribution in [0.25, 0.3) is 0 Å². The van der Waals surface area contributed by atoms with Crippen LogP contribution in [0.4, 0.5) is 4.39 Å². The maximum atomic E-state index is 12.9. The van der Waals surface area contributed by atoms with Crippen LogP contribution >= 0.6 is 0 Å². The number of hydrogen-bond acceptors (Lipinski definition) is 3. The Labute approximate surface area is 128 Å². The van der Waals surface area contributed by atoms with Crippen molar-refractivity contribution >= 4 is 5.91 Å². The van der Waals surface area contributed by atoms with E-state index in [1.165, 1.54) is 12.1 Å². The summed E-state index contributed by atoms with van der Waals surface area (Å²) in [6.07, 6.45) is 3.82. The fraction of sp³-hybridized carbons (Fsp3) is 0.375. The fourth-order valence-electron chi connectivity index (χ4n) is 2.74. The van der Waals surface area contributed by atoms with Gasteiger partial charge in [0.15, 0.2) is 0 Å². The third kappa shape index (κ3) is 3.17. The Bertz CT molecular complexity index is 626. The van der Waals surface area contributed by atoms with Crippen molar-refractivity contribution in [1.82, 2.24) is 19.8 Å². The van der Waals surface area contributed by atoms with Gasteiger partial charge in [-0.25, -0.2) is 9.37 Å². The molecule has 0 saturated carbocycles. The molecule has 0 spiro atoms. The van der Waals surface area contributed by atoms with Gasteiger partial charge in [-0.05, 0) is 24.7 Å². The van der Waals surface area contributed by atoms with E-state index < -0.39 is 0 Å². The second-order valence-electron chi connectivity index (χ2n) is 5.61. The molecule has 116 valence electrons. The van der Waals surface area contributed by atoms with Gasteiger partial charge < -0.3 is 9.88 Å². The van der Waals surface area contributed by atoms with Crippen LogP contribution in [0, 0.1) is 5.82 Å². The zero-order chi connectivity index (χ0) is 15.5. The first-order chi connectivity index (χ1) is 10.6. The average Bonchev–Trinajstić information content (AvgIpc) is 3.04. The minimum atomic E-state index is -0.284. The molecule has 1 fully saturated rings. The molecule has 3 rings (SSSR count). The number of nitrogens with zero attached hydrogens (tertiary/aromatic N) is 3. The van der Waals surface area contributed by atoms with Gasteiger partial charge in [0.25, 0.3) is 0 Å². The molecule has 1 unspecified atom stereocenters. The Morgan fingerprint density at radius 1 is 1.36 bits per heavy atom. The number of halogens is 1. The van der Waals surface area contributed by atoms with Gasteiger partial charge in [0.1, 0.15) is 11.6 Å². The molecular formula is C16H19FN4O. The van der Waals surface area contributed by atoms with E-state index in [4.69, 9.17) is 0 Å². The minimum absolute atomic E-state index is 0.0660. The predicted octanol–water partition coefficient (Wildman–Crippen LogP) is 1.61. The SMILES string of the molecule is CN1CCN(C(=O)Cc2ccc(F)cc2)CC1c1ncc[nH]1. The van der Waals surface area contributed by atoms with Crippen molar-refractivity contribution in [2.45, 2.75) is 12.5 Å². The first-order valence-electron chi connectivity index (χ1n) is 7.35. The minimum Gasteiger partial charge on any atom is -0.347 e. The van der Waals surface area contributed by atoms with Crippen molar-refractivity contribution in [2.75, 3.05) is 26.7 Å². The number of benzene rings is 1. The molecule has 1 amide bonds. The maximum absolute atomic E-state index is 12.9. The number of rotatable bonds is 3. The van der Waals surface area contributed by atoms with Crippen LogP contribution in [0.1, 0.15) is 17.4 Å². The molecule has 6 heteroatoms. The zero-order valence-corrected chi connectivity index (χ0v) is 12.5. The maximum Gasteiger partial charge on any atom is 0.227 e. The number of nitrogens with one attached hydrogen (secondary N) is 1. The smallest absolute Gasteiger partial charge is 0.227 e. The summed E-state index contributed by atoms with van der Waals surface area (Å²) in [4.78, 5) is 23.9. The molecule has 0 radical (unpaired) electrons. The lowest BCUT2D eigenvalue weighted by molar-refractivity contribution is -0.133. The first kappa shape index (κ1) is 14.7. The van der Waals surface area contributed by atoms with E-state index in [1.807, 2.05) is 11.9 Å². The summed E-state index contributed by atoms with van der Waals surface area (Å²) >= 11 is 0. The van der Waals surface area contributed by atoms with Crippen molar-refractivity contribution in [2.24, 2.45) is 0 Å². The average molecular weight is 302 g/mol. The van der Waals surface area contributed by atoms with Gasteiger partial charge in [0, 0.05) is 32.0 Å². The Kier molecular flexibility index (Phi) is 4.20. The van der Waals surface area contributed by atoms with E-state index in [1.54, 1.807) is 24.5 Å². The van der Waals surface area contributed by atoms with Crippen LogP contribution in [-0.4, -0.2) is 52.4 Å². The monoisotopic (exact) mass is 302 g/mol. The second-order valence-corrected chi connectivity index (χ2v) is 5.61. The van der Waals surface area contributed by atoms with Crippen molar-refractivity contribution < 1.29 is 9.18 Å². The van der Waals surface area contributed by atoms with Crippen molar-refractivity contribution in [3.05, 3.63) is 53.9 Å². The molecule has 0 aliphatic carbocycles. The van der Waals surface area contributed by atoms with Gasteiger partial charge in [-0.15, -0.1) is 0 Å². The van der Waals surface area contributed by atoms with Crippen LogP contribution in [0.2, 0.25) is 0 Å². The molecule has 1 aromatic heterocycles. The number of aromatic nitrogens is 2. The third-order valence-electron chi connectivity index (χ3n) is 4.10. The standard InChI is InChI=1S/C16H19FN4O/c1-20-8-9-21(11-14(20)16-18-6-7-19-16)15(22)10-12-2-4-13(17)5-3-12/h2-7,14H,8-11H2,1H3,(H,18,19). The zero-order valence-electron chi connectivity index (χ0n) is 12.5. The van der Waals surface area contributed by atoms with Gasteiger partial charge in [-0.3, -0.25) is 9.69 Å². The van der Waals surface area contributed by atoms with Gasteiger partial charge in [0.05, 0.1) is 12.5 Å². The number of likely N-dealkylation sites (N-methyl/N-ethyl adjacent to an activating group) is 1. The summed E-state index contributed by atoms with van der Waals surface area (Å²) in [5, 5.41) is 0. The Morgan fingerprint density at radius 2 is 2.14 bits per heavy atom. The number of hydrogen-bond donors (Lipinski definition) is 1. The van der Waals surface area contributed by atoms with Gasteiger partial charge in [0.2, 0.25) is 5.91 Å². The molecule has 1 N–H and O–H groups in total. The Morgan fingerprint density at radius 3 is 2.82 bits per heavy atom. The van der Waals surface area contributed by atoms with E-state index >= 15 is 0 Å². The van der Waals surface area contributed by atoms with Crippen molar-refractivity contribution in [1.29, 1.82) is 0 Å². The van der Waals surface area contributed by atoms with E-state index in [0.717, 1.165) is 17.9 Å².